The maximum Gasteiger partial charge on any atom is 0.266 e. The largest absolute Gasteiger partial charge is 0.383 e. The first-order valence-corrected chi connectivity index (χ1v) is 10.7. The fourth-order valence-electron chi connectivity index (χ4n) is 3.69. The molecule has 0 amide bonds. The van der Waals surface area contributed by atoms with Crippen molar-refractivity contribution in [2.45, 2.75) is 19.8 Å². The van der Waals surface area contributed by atoms with Crippen LogP contribution in [0.25, 0.3) is 27.7 Å². The number of pyridine rings is 1. The molecule has 0 fully saturated rings. The Balaban J connectivity index is 0.000000180. The number of rotatable bonds is 4. The summed E-state index contributed by atoms with van der Waals surface area (Å²) in [5.41, 5.74) is 13.6. The number of nitrogens with zero attached hydrogens (tertiary/aromatic N) is 4. The zero-order chi connectivity index (χ0) is 24.1. The summed E-state index contributed by atoms with van der Waals surface area (Å²) in [6.07, 6.45) is 4.43. The number of aromatic nitrogens is 4. The van der Waals surface area contributed by atoms with Crippen LogP contribution >= 0.6 is 0 Å². The molecule has 5 rings (SSSR count). The quantitative estimate of drug-likeness (QED) is 0.409. The zero-order valence-electron chi connectivity index (χ0n) is 18.5. The van der Waals surface area contributed by atoms with Gasteiger partial charge in [0.25, 0.3) is 5.56 Å². The van der Waals surface area contributed by atoms with Gasteiger partial charge < -0.3 is 16.0 Å². The van der Waals surface area contributed by atoms with Crippen LogP contribution in [0.1, 0.15) is 19.0 Å². The number of hydrogen-bond acceptors (Lipinski definition) is 7. The van der Waals surface area contributed by atoms with Crippen molar-refractivity contribution in [3.05, 3.63) is 95.1 Å². The highest BCUT2D eigenvalue weighted by Gasteiger charge is 2.13. The Hall–Kier alpha value is -4.53. The predicted molar refractivity (Wildman–Crippen MR) is 130 cm³/mol. The summed E-state index contributed by atoms with van der Waals surface area (Å²) >= 11 is 0. The molecule has 0 aliphatic rings. The SMILES string of the molecule is CCCc1cc2cccc(F)c2c(=O)n1-c1ccccc1.Nc1ncnc(N)c1-c1ccon1. The number of hydrogen-bond donors (Lipinski definition) is 2. The van der Waals surface area contributed by atoms with Crippen molar-refractivity contribution in [2.24, 2.45) is 0 Å². The molecule has 0 saturated carbocycles. The molecule has 0 atom stereocenters. The van der Waals surface area contributed by atoms with E-state index in [1.807, 2.05) is 36.4 Å². The zero-order valence-corrected chi connectivity index (χ0v) is 18.5. The molecule has 8 nitrogen and oxygen atoms in total. The van der Waals surface area contributed by atoms with Gasteiger partial charge in [-0.1, -0.05) is 48.8 Å². The normalized spacial score (nSPS) is 10.6. The number of fused-ring (bicyclic) bond motifs is 1. The minimum absolute atomic E-state index is 0.154. The lowest BCUT2D eigenvalue weighted by Gasteiger charge is -2.14. The van der Waals surface area contributed by atoms with Gasteiger partial charge in [-0.15, -0.1) is 0 Å². The predicted octanol–water partition coefficient (Wildman–Crippen LogP) is 4.38. The van der Waals surface area contributed by atoms with Gasteiger partial charge in [-0.25, -0.2) is 14.4 Å². The van der Waals surface area contributed by atoms with Crippen LogP contribution in [-0.2, 0) is 6.42 Å². The molecule has 3 aromatic heterocycles. The Kier molecular flexibility index (Phi) is 6.63. The third-order valence-electron chi connectivity index (χ3n) is 5.19. The van der Waals surface area contributed by atoms with Gasteiger partial charge in [0.1, 0.15) is 35.7 Å². The van der Waals surface area contributed by atoms with Crippen molar-refractivity contribution >= 4 is 22.4 Å². The van der Waals surface area contributed by atoms with Crippen LogP contribution in [0, 0.1) is 5.82 Å². The van der Waals surface area contributed by atoms with Crippen LogP contribution in [0.2, 0.25) is 0 Å². The lowest BCUT2D eigenvalue weighted by molar-refractivity contribution is 0.422. The molecule has 0 radical (unpaired) electrons. The fourth-order valence-corrected chi connectivity index (χ4v) is 3.69. The molecule has 2 aromatic carbocycles. The maximum atomic E-state index is 14.0. The van der Waals surface area contributed by atoms with Gasteiger partial charge in [0.15, 0.2) is 0 Å². The molecular weight excluding hydrogens is 435 g/mol. The van der Waals surface area contributed by atoms with Crippen LogP contribution in [0.15, 0.2) is 82.6 Å². The fraction of sp³-hybridized carbons (Fsp3) is 0.120. The number of nitrogens with two attached hydrogens (primary N) is 2. The first-order chi connectivity index (χ1) is 16.5. The number of halogens is 1. The lowest BCUT2D eigenvalue weighted by atomic mass is 10.1. The smallest absolute Gasteiger partial charge is 0.266 e. The topological polar surface area (TPSA) is 126 Å². The highest BCUT2D eigenvalue weighted by atomic mass is 19.1. The molecule has 3 heterocycles. The first-order valence-electron chi connectivity index (χ1n) is 10.7. The van der Waals surface area contributed by atoms with Crippen LogP contribution in [0.5, 0.6) is 0 Å². The summed E-state index contributed by atoms with van der Waals surface area (Å²) in [6.45, 7) is 2.07. The minimum atomic E-state index is -0.467. The van der Waals surface area contributed by atoms with Gasteiger partial charge in [0.05, 0.1) is 10.9 Å². The van der Waals surface area contributed by atoms with E-state index in [0.717, 1.165) is 24.2 Å². The van der Waals surface area contributed by atoms with E-state index in [2.05, 4.69) is 26.6 Å². The number of anilines is 2. The maximum absolute atomic E-state index is 14.0. The second-order valence-electron chi connectivity index (χ2n) is 7.47. The molecule has 5 aromatic rings. The first kappa shape index (κ1) is 22.7. The van der Waals surface area contributed by atoms with Crippen molar-refractivity contribution in [1.29, 1.82) is 0 Å². The van der Waals surface area contributed by atoms with Gasteiger partial charge in [-0.3, -0.25) is 9.36 Å². The van der Waals surface area contributed by atoms with Gasteiger partial charge in [-0.05, 0) is 36.1 Å². The molecule has 172 valence electrons. The van der Waals surface area contributed by atoms with E-state index in [0.29, 0.717) is 28.3 Å². The van der Waals surface area contributed by atoms with E-state index in [9.17, 15) is 9.18 Å². The van der Waals surface area contributed by atoms with Crippen molar-refractivity contribution in [3.63, 3.8) is 0 Å². The molecule has 4 N–H and O–H groups in total. The highest BCUT2D eigenvalue weighted by molar-refractivity contribution is 5.83. The molecule has 0 spiro atoms. The summed E-state index contributed by atoms with van der Waals surface area (Å²) in [5.74, 6) is 0.119. The van der Waals surface area contributed by atoms with E-state index in [1.165, 1.54) is 18.7 Å². The average molecular weight is 458 g/mol. The van der Waals surface area contributed by atoms with Gasteiger partial charge >= 0.3 is 0 Å². The van der Waals surface area contributed by atoms with E-state index in [-0.39, 0.29) is 10.9 Å². The summed E-state index contributed by atoms with van der Waals surface area (Å²) in [6, 6.07) is 17.7. The molecule has 0 saturated heterocycles. The van der Waals surface area contributed by atoms with Crippen LogP contribution in [0.3, 0.4) is 0 Å². The molecule has 0 aliphatic carbocycles. The van der Waals surface area contributed by atoms with Crippen LogP contribution < -0.4 is 17.0 Å². The van der Waals surface area contributed by atoms with Crippen molar-refractivity contribution in [3.8, 4) is 16.9 Å². The van der Waals surface area contributed by atoms with E-state index in [4.69, 9.17) is 11.5 Å². The number of aryl methyl sites for hydroxylation is 1. The standard InChI is InChI=1S/C18H16FNO.C7H7N5O/c1-2-7-15-12-13-8-6-11-16(19)17(13)18(21)20(15)14-9-4-3-5-10-14;8-6-5(4-1-2-13-12-4)7(9)11-3-10-6/h3-6,8-12H,2,7H2,1H3;1-3H,(H4,8,9,10,11). The van der Waals surface area contributed by atoms with Crippen molar-refractivity contribution in [1.82, 2.24) is 19.7 Å². The number of para-hydroxylation sites is 1. The van der Waals surface area contributed by atoms with Crippen LogP contribution in [0.4, 0.5) is 16.0 Å². The summed E-state index contributed by atoms with van der Waals surface area (Å²) in [5, 5.41) is 4.51. The monoisotopic (exact) mass is 458 g/mol. The van der Waals surface area contributed by atoms with Crippen molar-refractivity contribution in [2.75, 3.05) is 11.5 Å². The number of nitrogen functional groups attached to an aromatic ring is 2. The highest BCUT2D eigenvalue weighted by Crippen LogP contribution is 2.26. The van der Waals surface area contributed by atoms with Gasteiger partial charge in [-0.2, -0.15) is 0 Å². The minimum Gasteiger partial charge on any atom is -0.383 e. The Labute approximate surface area is 194 Å². The Bertz CT molecular complexity index is 1450. The second-order valence-corrected chi connectivity index (χ2v) is 7.47. The summed E-state index contributed by atoms with van der Waals surface area (Å²) in [7, 11) is 0. The Morgan fingerprint density at radius 2 is 1.74 bits per heavy atom. The molecule has 34 heavy (non-hydrogen) atoms. The number of benzene rings is 2. The molecular formula is C25H23FN6O2. The summed E-state index contributed by atoms with van der Waals surface area (Å²) < 4.78 is 20.3. The van der Waals surface area contributed by atoms with E-state index >= 15 is 0 Å². The van der Waals surface area contributed by atoms with Crippen LogP contribution in [-0.4, -0.2) is 19.7 Å². The Morgan fingerprint density at radius 3 is 2.38 bits per heavy atom. The molecule has 0 aliphatic heterocycles. The third kappa shape index (κ3) is 4.49. The van der Waals surface area contributed by atoms with Crippen molar-refractivity contribution < 1.29 is 8.91 Å². The molecule has 0 unspecified atom stereocenters. The molecule has 0 bridgehead atoms. The van der Waals surface area contributed by atoms with E-state index < -0.39 is 5.82 Å². The average Bonchev–Trinajstić information content (AvgIpc) is 3.35. The van der Waals surface area contributed by atoms with Gasteiger partial charge in [0.2, 0.25) is 0 Å². The van der Waals surface area contributed by atoms with E-state index in [1.54, 1.807) is 22.8 Å². The molecule has 9 heteroatoms. The Morgan fingerprint density at radius 1 is 1.00 bits per heavy atom. The second kappa shape index (κ2) is 9.95. The summed E-state index contributed by atoms with van der Waals surface area (Å²) in [4.78, 5) is 20.4. The lowest BCUT2D eigenvalue weighted by Crippen LogP contribution is -2.22. The van der Waals surface area contributed by atoms with Gasteiger partial charge in [0, 0.05) is 17.4 Å². The third-order valence-corrected chi connectivity index (χ3v) is 5.19.